The third-order valence-corrected chi connectivity index (χ3v) is 5.38. The van der Waals surface area contributed by atoms with Crippen LogP contribution in [0.1, 0.15) is 22.5 Å². The second-order valence-corrected chi connectivity index (χ2v) is 7.60. The first kappa shape index (κ1) is 16.1. The SMILES string of the molecule is CN(C)c1nc2cc(C(=O)NCC3CC3)sc2n1-c1ccc(F)cc1. The van der Waals surface area contributed by atoms with Crippen LogP contribution in [-0.2, 0) is 0 Å². The zero-order chi connectivity index (χ0) is 17.6. The Bertz CT molecular complexity index is 925. The van der Waals surface area contributed by atoms with Crippen LogP contribution in [-0.4, -0.2) is 36.1 Å². The van der Waals surface area contributed by atoms with Crippen molar-refractivity contribution in [1.82, 2.24) is 14.9 Å². The highest BCUT2D eigenvalue weighted by molar-refractivity contribution is 7.20. The summed E-state index contributed by atoms with van der Waals surface area (Å²) in [5, 5.41) is 2.99. The summed E-state index contributed by atoms with van der Waals surface area (Å²) >= 11 is 1.41. The van der Waals surface area contributed by atoms with Crippen molar-refractivity contribution in [3.05, 3.63) is 41.0 Å². The number of carbonyl (C=O) groups excluding carboxylic acids is 1. The van der Waals surface area contributed by atoms with E-state index in [0.717, 1.165) is 28.5 Å². The van der Waals surface area contributed by atoms with E-state index in [0.29, 0.717) is 10.8 Å². The molecule has 2 aromatic heterocycles. The van der Waals surface area contributed by atoms with Gasteiger partial charge in [0, 0.05) is 20.6 Å². The van der Waals surface area contributed by atoms with Gasteiger partial charge < -0.3 is 10.2 Å². The van der Waals surface area contributed by atoms with Crippen LogP contribution in [0.25, 0.3) is 16.0 Å². The molecule has 0 bridgehead atoms. The second-order valence-electron chi connectivity index (χ2n) is 6.57. The Morgan fingerprint density at radius 3 is 2.72 bits per heavy atom. The van der Waals surface area contributed by atoms with Crippen LogP contribution >= 0.6 is 11.3 Å². The van der Waals surface area contributed by atoms with Crippen molar-refractivity contribution >= 4 is 33.5 Å². The highest BCUT2D eigenvalue weighted by Gasteiger charge is 2.23. The molecule has 1 fully saturated rings. The minimum atomic E-state index is -0.280. The average Bonchev–Trinajstić information content (AvgIpc) is 3.21. The first-order chi connectivity index (χ1) is 12.0. The molecule has 1 aromatic carbocycles. The molecule has 0 radical (unpaired) electrons. The number of hydrogen-bond acceptors (Lipinski definition) is 4. The van der Waals surface area contributed by atoms with Gasteiger partial charge in [-0.05, 0) is 49.1 Å². The number of aromatic nitrogens is 2. The Kier molecular flexibility index (Phi) is 3.95. The fourth-order valence-electron chi connectivity index (χ4n) is 2.74. The first-order valence-corrected chi connectivity index (χ1v) is 9.08. The maximum atomic E-state index is 13.3. The van der Waals surface area contributed by atoms with Gasteiger partial charge in [0.05, 0.1) is 10.6 Å². The largest absolute Gasteiger partial charge is 0.351 e. The van der Waals surface area contributed by atoms with E-state index >= 15 is 0 Å². The molecule has 3 aromatic rings. The average molecular weight is 358 g/mol. The summed E-state index contributed by atoms with van der Waals surface area (Å²) in [5.74, 6) is 1.06. The zero-order valence-corrected chi connectivity index (χ0v) is 14.9. The molecule has 5 nitrogen and oxygen atoms in total. The van der Waals surface area contributed by atoms with Gasteiger partial charge in [0.1, 0.15) is 16.2 Å². The molecule has 4 rings (SSSR count). The lowest BCUT2D eigenvalue weighted by atomic mass is 10.3. The molecule has 1 aliphatic rings. The van der Waals surface area contributed by atoms with Crippen LogP contribution in [0.15, 0.2) is 30.3 Å². The Hall–Kier alpha value is -2.41. The molecule has 0 atom stereocenters. The second kappa shape index (κ2) is 6.15. The molecule has 1 aliphatic carbocycles. The van der Waals surface area contributed by atoms with Crippen molar-refractivity contribution in [2.24, 2.45) is 5.92 Å². The lowest BCUT2D eigenvalue weighted by molar-refractivity contribution is 0.0956. The van der Waals surface area contributed by atoms with Crippen LogP contribution in [0.2, 0.25) is 0 Å². The number of carbonyl (C=O) groups is 1. The van der Waals surface area contributed by atoms with Crippen molar-refractivity contribution in [2.45, 2.75) is 12.8 Å². The topological polar surface area (TPSA) is 50.2 Å². The standard InChI is InChI=1S/C18H19FN4OS/c1-22(2)18-21-14-9-15(16(24)20-10-11-3-4-11)25-17(14)23(18)13-7-5-12(19)6-8-13/h5-9,11H,3-4,10H2,1-2H3,(H,20,24). The van der Waals surface area contributed by atoms with E-state index in [1.54, 1.807) is 12.1 Å². The monoisotopic (exact) mass is 358 g/mol. The van der Waals surface area contributed by atoms with Crippen molar-refractivity contribution in [3.8, 4) is 5.69 Å². The van der Waals surface area contributed by atoms with Crippen LogP contribution in [0.4, 0.5) is 10.3 Å². The third-order valence-electron chi connectivity index (χ3n) is 4.27. The molecule has 1 saturated carbocycles. The molecule has 7 heteroatoms. The summed E-state index contributed by atoms with van der Waals surface area (Å²) in [4.78, 5) is 20.4. The van der Waals surface area contributed by atoms with Crippen LogP contribution in [0.5, 0.6) is 0 Å². The first-order valence-electron chi connectivity index (χ1n) is 8.26. The number of benzene rings is 1. The summed E-state index contributed by atoms with van der Waals surface area (Å²) in [6.07, 6.45) is 2.41. The maximum Gasteiger partial charge on any atom is 0.261 e. The van der Waals surface area contributed by atoms with Gasteiger partial charge in [0.2, 0.25) is 5.95 Å². The Balaban J connectivity index is 1.74. The predicted molar refractivity (Wildman–Crippen MR) is 98.3 cm³/mol. The number of nitrogens with one attached hydrogen (secondary N) is 1. The normalized spacial score (nSPS) is 14.0. The highest BCUT2D eigenvalue weighted by Crippen LogP contribution is 2.33. The minimum absolute atomic E-state index is 0.0491. The zero-order valence-electron chi connectivity index (χ0n) is 14.1. The highest BCUT2D eigenvalue weighted by atomic mass is 32.1. The van der Waals surface area contributed by atoms with Gasteiger partial charge in [0.25, 0.3) is 5.91 Å². The molecule has 2 heterocycles. The number of amides is 1. The van der Waals surface area contributed by atoms with Gasteiger partial charge >= 0.3 is 0 Å². The summed E-state index contributed by atoms with van der Waals surface area (Å²) in [7, 11) is 3.82. The van der Waals surface area contributed by atoms with Gasteiger partial charge in [-0.3, -0.25) is 9.36 Å². The van der Waals surface area contributed by atoms with E-state index in [9.17, 15) is 9.18 Å². The van der Waals surface area contributed by atoms with Crippen molar-refractivity contribution in [1.29, 1.82) is 0 Å². The summed E-state index contributed by atoms with van der Waals surface area (Å²) in [5.41, 5.74) is 1.59. The molecule has 0 aliphatic heterocycles. The molecule has 0 unspecified atom stereocenters. The number of rotatable bonds is 5. The van der Waals surface area contributed by atoms with Crippen molar-refractivity contribution < 1.29 is 9.18 Å². The van der Waals surface area contributed by atoms with Crippen molar-refractivity contribution in [3.63, 3.8) is 0 Å². The lowest BCUT2D eigenvalue weighted by Gasteiger charge is -2.14. The van der Waals surface area contributed by atoms with Crippen LogP contribution < -0.4 is 10.2 Å². The van der Waals surface area contributed by atoms with E-state index in [2.05, 4.69) is 10.3 Å². The number of thiophene rings is 1. The predicted octanol–water partition coefficient (Wildman–Crippen LogP) is 3.43. The molecule has 1 N–H and O–H groups in total. The molecular formula is C18H19FN4OS. The summed E-state index contributed by atoms with van der Waals surface area (Å²) in [6, 6.07) is 8.12. The van der Waals surface area contributed by atoms with E-state index in [1.165, 1.54) is 36.3 Å². The quantitative estimate of drug-likeness (QED) is 0.760. The molecule has 0 spiro atoms. The molecule has 25 heavy (non-hydrogen) atoms. The Labute approximate surface area is 149 Å². The minimum Gasteiger partial charge on any atom is -0.351 e. The van der Waals surface area contributed by atoms with Gasteiger partial charge in [-0.1, -0.05) is 0 Å². The number of anilines is 1. The number of fused-ring (bicyclic) bond motifs is 1. The number of halogens is 1. The van der Waals surface area contributed by atoms with Crippen molar-refractivity contribution in [2.75, 3.05) is 25.5 Å². The molecule has 130 valence electrons. The van der Waals surface area contributed by atoms with Gasteiger partial charge in [-0.25, -0.2) is 9.37 Å². The van der Waals surface area contributed by atoms with Crippen LogP contribution in [0.3, 0.4) is 0 Å². The van der Waals surface area contributed by atoms with E-state index in [-0.39, 0.29) is 11.7 Å². The molecule has 0 saturated heterocycles. The van der Waals surface area contributed by atoms with Gasteiger partial charge in [-0.2, -0.15) is 0 Å². The maximum absolute atomic E-state index is 13.3. The Morgan fingerprint density at radius 2 is 2.08 bits per heavy atom. The Morgan fingerprint density at radius 1 is 1.36 bits per heavy atom. The van der Waals surface area contributed by atoms with E-state index < -0.39 is 0 Å². The lowest BCUT2D eigenvalue weighted by Crippen LogP contribution is -2.24. The number of hydrogen-bond donors (Lipinski definition) is 1. The third kappa shape index (κ3) is 3.11. The number of nitrogens with zero attached hydrogens (tertiary/aromatic N) is 3. The molecule has 1 amide bonds. The van der Waals surface area contributed by atoms with E-state index in [1.807, 2.05) is 29.6 Å². The molecular weight excluding hydrogens is 339 g/mol. The van der Waals surface area contributed by atoms with E-state index in [4.69, 9.17) is 0 Å². The number of imidazole rings is 1. The fourth-order valence-corrected chi connectivity index (χ4v) is 3.77. The summed E-state index contributed by atoms with van der Waals surface area (Å²) < 4.78 is 15.2. The summed E-state index contributed by atoms with van der Waals surface area (Å²) in [6.45, 7) is 0.745. The van der Waals surface area contributed by atoms with Crippen LogP contribution in [0, 0.1) is 11.7 Å². The fraction of sp³-hybridized carbons (Fsp3) is 0.333. The van der Waals surface area contributed by atoms with Gasteiger partial charge in [0.15, 0.2) is 0 Å². The smallest absolute Gasteiger partial charge is 0.261 e. The van der Waals surface area contributed by atoms with Gasteiger partial charge in [-0.15, -0.1) is 11.3 Å².